The van der Waals surface area contributed by atoms with Gasteiger partial charge in [-0.05, 0) is 41.6 Å². The number of methoxy groups -OCH3 is 1. The van der Waals surface area contributed by atoms with E-state index in [2.05, 4.69) is 15.6 Å². The van der Waals surface area contributed by atoms with Crippen molar-refractivity contribution in [2.24, 2.45) is 12.2 Å². The molecule has 30 heavy (non-hydrogen) atoms. The number of tetrazole rings is 1. The van der Waals surface area contributed by atoms with E-state index in [9.17, 15) is 18.0 Å². The van der Waals surface area contributed by atoms with Gasteiger partial charge in [-0.15, -0.1) is 0 Å². The number of ether oxygens (including phenoxy) is 1. The van der Waals surface area contributed by atoms with Crippen molar-refractivity contribution >= 4 is 5.71 Å². The minimum atomic E-state index is -4.66. The van der Waals surface area contributed by atoms with Gasteiger partial charge in [-0.1, -0.05) is 23.4 Å². The summed E-state index contributed by atoms with van der Waals surface area (Å²) in [4.78, 5) is 17.4. The maximum Gasteiger partial charge on any atom is 0.416 e. The minimum absolute atomic E-state index is 0.0860. The zero-order valence-corrected chi connectivity index (χ0v) is 16.3. The first-order chi connectivity index (χ1) is 14.2. The van der Waals surface area contributed by atoms with Crippen LogP contribution in [0.25, 0.3) is 5.69 Å². The molecule has 0 radical (unpaired) electrons. The lowest BCUT2D eigenvalue weighted by molar-refractivity contribution is -0.138. The molecule has 0 aliphatic carbocycles. The van der Waals surface area contributed by atoms with Gasteiger partial charge >= 0.3 is 11.9 Å². The molecule has 0 atom stereocenters. The molecule has 158 valence electrons. The fourth-order valence-electron chi connectivity index (χ4n) is 2.75. The number of halogens is 3. The number of nitrogens with zero attached hydrogens (tertiary/aromatic N) is 5. The van der Waals surface area contributed by atoms with Crippen molar-refractivity contribution in [3.05, 3.63) is 69.6 Å². The highest BCUT2D eigenvalue weighted by atomic mass is 19.4. The van der Waals surface area contributed by atoms with Crippen molar-refractivity contribution in [3.63, 3.8) is 0 Å². The van der Waals surface area contributed by atoms with Crippen LogP contribution in [0.5, 0.6) is 5.75 Å². The second kappa shape index (κ2) is 8.39. The maximum atomic E-state index is 13.6. The van der Waals surface area contributed by atoms with Crippen LogP contribution in [0.2, 0.25) is 0 Å². The third-order valence-electron chi connectivity index (χ3n) is 4.30. The number of alkyl halides is 3. The summed E-state index contributed by atoms with van der Waals surface area (Å²) in [5, 5.41) is 11.1. The van der Waals surface area contributed by atoms with Crippen LogP contribution >= 0.6 is 0 Å². The van der Waals surface area contributed by atoms with Gasteiger partial charge in [-0.2, -0.15) is 22.5 Å². The summed E-state index contributed by atoms with van der Waals surface area (Å²) in [6, 6.07) is 10.4. The van der Waals surface area contributed by atoms with Gasteiger partial charge in [-0.25, -0.2) is 4.79 Å². The second-order valence-corrected chi connectivity index (χ2v) is 6.28. The Morgan fingerprint density at radius 3 is 2.53 bits per heavy atom. The molecule has 2 aromatic carbocycles. The largest absolute Gasteiger partial charge is 0.497 e. The number of hydrogen-bond acceptors (Lipinski definition) is 6. The standard InChI is InChI=1S/C19H18F3N5O3/c1-12(13-6-4-7-14(10-13)29-3)23-30-11-15-16(19(20,21)22)8-5-9-17(15)27-18(28)26(2)24-25-27/h4-10H,11H2,1-3H3/b23-12-. The normalized spacial score (nSPS) is 12.1. The van der Waals surface area contributed by atoms with Gasteiger partial charge < -0.3 is 9.57 Å². The molecule has 1 heterocycles. The molecule has 0 spiro atoms. The molecular weight excluding hydrogens is 403 g/mol. The topological polar surface area (TPSA) is 83.5 Å². The Hall–Kier alpha value is -3.63. The summed E-state index contributed by atoms with van der Waals surface area (Å²) in [5.41, 5.74) is -0.884. The van der Waals surface area contributed by atoms with Gasteiger partial charge in [0.05, 0.1) is 24.1 Å². The van der Waals surface area contributed by atoms with E-state index in [4.69, 9.17) is 9.57 Å². The van der Waals surface area contributed by atoms with E-state index in [1.165, 1.54) is 26.3 Å². The predicted octanol–water partition coefficient (Wildman–Crippen LogP) is 2.93. The van der Waals surface area contributed by atoms with Crippen molar-refractivity contribution in [1.82, 2.24) is 19.8 Å². The van der Waals surface area contributed by atoms with Crippen LogP contribution < -0.4 is 10.4 Å². The Morgan fingerprint density at radius 2 is 1.90 bits per heavy atom. The Labute approximate surface area is 169 Å². The monoisotopic (exact) mass is 421 g/mol. The predicted molar refractivity (Wildman–Crippen MR) is 102 cm³/mol. The molecule has 0 aliphatic heterocycles. The third-order valence-corrected chi connectivity index (χ3v) is 4.30. The van der Waals surface area contributed by atoms with Crippen LogP contribution in [0.4, 0.5) is 13.2 Å². The summed E-state index contributed by atoms with van der Waals surface area (Å²) in [6.45, 7) is 1.12. The summed E-state index contributed by atoms with van der Waals surface area (Å²) in [6.07, 6.45) is -4.66. The first-order valence-corrected chi connectivity index (χ1v) is 8.72. The van der Waals surface area contributed by atoms with E-state index in [1.54, 1.807) is 31.2 Å². The fraction of sp³-hybridized carbons (Fsp3) is 0.263. The number of aryl methyl sites for hydroxylation is 1. The number of hydrogen-bond donors (Lipinski definition) is 0. The van der Waals surface area contributed by atoms with Gasteiger partial charge in [0.15, 0.2) is 0 Å². The van der Waals surface area contributed by atoms with Crippen molar-refractivity contribution in [2.75, 3.05) is 7.11 Å². The van der Waals surface area contributed by atoms with Gasteiger partial charge in [0, 0.05) is 18.2 Å². The highest BCUT2D eigenvalue weighted by Gasteiger charge is 2.35. The van der Waals surface area contributed by atoms with Crippen molar-refractivity contribution in [3.8, 4) is 11.4 Å². The van der Waals surface area contributed by atoms with Crippen LogP contribution in [0.15, 0.2) is 52.4 Å². The molecular formula is C19H18F3N5O3. The molecule has 0 aliphatic rings. The van der Waals surface area contributed by atoms with E-state index in [1.807, 2.05) is 0 Å². The maximum absolute atomic E-state index is 13.6. The summed E-state index contributed by atoms with van der Waals surface area (Å²) in [5.74, 6) is 0.605. The molecule has 0 amide bonds. The first-order valence-electron chi connectivity index (χ1n) is 8.72. The van der Waals surface area contributed by atoms with E-state index in [-0.39, 0.29) is 11.3 Å². The molecule has 0 saturated carbocycles. The Bertz CT molecular complexity index is 1130. The Morgan fingerprint density at radius 1 is 1.17 bits per heavy atom. The van der Waals surface area contributed by atoms with Crippen LogP contribution in [0, 0.1) is 0 Å². The zero-order chi connectivity index (χ0) is 21.9. The summed E-state index contributed by atoms with van der Waals surface area (Å²) >= 11 is 0. The third kappa shape index (κ3) is 4.34. The van der Waals surface area contributed by atoms with Gasteiger partial charge in [0.1, 0.15) is 12.4 Å². The summed E-state index contributed by atoms with van der Waals surface area (Å²) < 4.78 is 47.5. The number of rotatable bonds is 6. The van der Waals surface area contributed by atoms with Crippen LogP contribution in [0.1, 0.15) is 23.6 Å². The van der Waals surface area contributed by atoms with Crippen LogP contribution in [-0.4, -0.2) is 32.6 Å². The Kier molecular flexibility index (Phi) is 5.90. The molecule has 0 fully saturated rings. The van der Waals surface area contributed by atoms with Crippen LogP contribution in [-0.2, 0) is 24.7 Å². The lowest BCUT2D eigenvalue weighted by atomic mass is 10.1. The lowest BCUT2D eigenvalue weighted by Crippen LogP contribution is -2.24. The van der Waals surface area contributed by atoms with Crippen LogP contribution in [0.3, 0.4) is 0 Å². The molecule has 0 unspecified atom stereocenters. The first kappa shape index (κ1) is 21.1. The fourth-order valence-corrected chi connectivity index (χ4v) is 2.75. The lowest BCUT2D eigenvalue weighted by Gasteiger charge is -2.15. The molecule has 0 saturated heterocycles. The smallest absolute Gasteiger partial charge is 0.416 e. The van der Waals surface area contributed by atoms with E-state index in [0.29, 0.717) is 17.0 Å². The van der Waals surface area contributed by atoms with Gasteiger partial charge in [0.2, 0.25) is 0 Å². The van der Waals surface area contributed by atoms with Gasteiger partial charge in [0.25, 0.3) is 0 Å². The van der Waals surface area contributed by atoms with E-state index < -0.39 is 24.0 Å². The van der Waals surface area contributed by atoms with E-state index in [0.717, 1.165) is 15.4 Å². The number of aromatic nitrogens is 4. The van der Waals surface area contributed by atoms with Crippen molar-refractivity contribution in [1.29, 1.82) is 0 Å². The van der Waals surface area contributed by atoms with Crippen molar-refractivity contribution in [2.45, 2.75) is 19.7 Å². The quantitative estimate of drug-likeness (QED) is 0.452. The van der Waals surface area contributed by atoms with Crippen molar-refractivity contribution < 1.29 is 22.7 Å². The molecule has 11 heteroatoms. The molecule has 0 bridgehead atoms. The molecule has 0 N–H and O–H groups in total. The highest BCUT2D eigenvalue weighted by molar-refractivity contribution is 5.98. The minimum Gasteiger partial charge on any atom is -0.497 e. The van der Waals surface area contributed by atoms with Gasteiger partial charge in [-0.3, -0.25) is 0 Å². The number of benzene rings is 2. The molecule has 3 aromatic rings. The highest BCUT2D eigenvalue weighted by Crippen LogP contribution is 2.34. The zero-order valence-electron chi connectivity index (χ0n) is 16.3. The Balaban J connectivity index is 1.96. The molecule has 8 nitrogen and oxygen atoms in total. The molecule has 3 rings (SSSR count). The van der Waals surface area contributed by atoms with E-state index >= 15 is 0 Å². The second-order valence-electron chi connectivity index (χ2n) is 6.28. The summed E-state index contributed by atoms with van der Waals surface area (Å²) in [7, 11) is 2.86. The number of oxime groups is 1. The average molecular weight is 421 g/mol. The SMILES string of the molecule is COc1cccc(/C(C)=N\OCc2c(-n3nnn(C)c3=O)cccc2C(F)(F)F)c1. The average Bonchev–Trinajstić information content (AvgIpc) is 3.05. The molecule has 1 aromatic heterocycles.